The van der Waals surface area contributed by atoms with Crippen LogP contribution in [0, 0.1) is 6.92 Å². The van der Waals surface area contributed by atoms with Gasteiger partial charge in [0.1, 0.15) is 0 Å². The number of aryl methyl sites for hydroxylation is 1. The minimum absolute atomic E-state index is 0.121. The van der Waals surface area contributed by atoms with E-state index in [1.807, 2.05) is 24.3 Å². The third kappa shape index (κ3) is 5.25. The van der Waals surface area contributed by atoms with Crippen molar-refractivity contribution in [3.05, 3.63) is 64.2 Å². The van der Waals surface area contributed by atoms with Crippen molar-refractivity contribution in [1.82, 2.24) is 9.62 Å². The number of rotatable bonds is 6. The lowest BCUT2D eigenvalue weighted by Gasteiger charge is -2.38. The average molecular weight is 493 g/mol. The zero-order valence-electron chi connectivity index (χ0n) is 18.7. The van der Waals surface area contributed by atoms with Gasteiger partial charge in [-0.3, -0.25) is 4.79 Å². The van der Waals surface area contributed by atoms with Crippen molar-refractivity contribution in [2.45, 2.75) is 30.1 Å². The van der Waals surface area contributed by atoms with Crippen LogP contribution in [0.5, 0.6) is 0 Å². The molecule has 0 aromatic heterocycles. The highest BCUT2D eigenvalue weighted by Crippen LogP contribution is 2.35. The van der Waals surface area contributed by atoms with E-state index < -0.39 is 10.0 Å². The van der Waals surface area contributed by atoms with Gasteiger partial charge in [0.15, 0.2) is 0 Å². The molecule has 4 rings (SSSR count). The maximum absolute atomic E-state index is 13.2. The van der Waals surface area contributed by atoms with Crippen molar-refractivity contribution in [2.75, 3.05) is 46.1 Å². The lowest BCUT2D eigenvalue weighted by molar-refractivity contribution is 0.0487. The summed E-state index contributed by atoms with van der Waals surface area (Å²) in [6.45, 7) is 4.78. The molecule has 2 aromatic rings. The number of carbonyl (C=O) groups is 1. The van der Waals surface area contributed by atoms with Crippen molar-refractivity contribution in [3.63, 3.8) is 0 Å². The monoisotopic (exact) mass is 492 g/mol. The maximum Gasteiger partial charge on any atom is 0.251 e. The molecule has 1 N–H and O–H groups in total. The molecule has 0 unspecified atom stereocenters. The van der Waals surface area contributed by atoms with Crippen LogP contribution in [-0.2, 0) is 24.9 Å². The number of halogens is 1. The van der Waals surface area contributed by atoms with Crippen LogP contribution in [0.1, 0.15) is 34.3 Å². The van der Waals surface area contributed by atoms with E-state index in [0.29, 0.717) is 56.6 Å². The van der Waals surface area contributed by atoms with Gasteiger partial charge in [0, 0.05) is 48.8 Å². The minimum atomic E-state index is -3.69. The Labute approximate surface area is 200 Å². The van der Waals surface area contributed by atoms with Crippen molar-refractivity contribution >= 4 is 27.5 Å². The molecule has 2 aliphatic heterocycles. The largest absolute Gasteiger partial charge is 0.381 e. The van der Waals surface area contributed by atoms with Crippen LogP contribution in [0.2, 0.25) is 5.02 Å². The quantitative estimate of drug-likeness (QED) is 0.669. The summed E-state index contributed by atoms with van der Waals surface area (Å²) in [6.07, 6.45) is 1.52. The van der Waals surface area contributed by atoms with Crippen LogP contribution >= 0.6 is 11.6 Å². The summed E-state index contributed by atoms with van der Waals surface area (Å²) < 4.78 is 38.4. The highest BCUT2D eigenvalue weighted by atomic mass is 35.5. The van der Waals surface area contributed by atoms with E-state index in [-0.39, 0.29) is 16.2 Å². The molecule has 0 bridgehead atoms. The van der Waals surface area contributed by atoms with Gasteiger partial charge in [0.2, 0.25) is 10.0 Å². The van der Waals surface area contributed by atoms with E-state index in [4.69, 9.17) is 21.1 Å². The Kier molecular flexibility index (Phi) is 7.40. The summed E-state index contributed by atoms with van der Waals surface area (Å²) in [7, 11) is -3.69. The van der Waals surface area contributed by atoms with Gasteiger partial charge in [-0.15, -0.1) is 0 Å². The highest BCUT2D eigenvalue weighted by molar-refractivity contribution is 7.89. The van der Waals surface area contributed by atoms with Gasteiger partial charge in [0.05, 0.1) is 18.1 Å². The van der Waals surface area contributed by atoms with Gasteiger partial charge in [-0.1, -0.05) is 29.8 Å². The Hall–Kier alpha value is -1.97. The summed E-state index contributed by atoms with van der Waals surface area (Å²) in [5.74, 6) is -0.292. The fraction of sp³-hybridized carbons (Fsp3) is 0.458. The van der Waals surface area contributed by atoms with E-state index in [2.05, 4.69) is 5.32 Å². The number of morpholine rings is 1. The molecular weight excluding hydrogens is 464 g/mol. The number of nitrogens with zero attached hydrogens (tertiary/aromatic N) is 1. The Morgan fingerprint density at radius 1 is 1.06 bits per heavy atom. The molecule has 0 atom stereocenters. The molecule has 0 spiro atoms. The fourth-order valence-electron chi connectivity index (χ4n) is 4.43. The summed E-state index contributed by atoms with van der Waals surface area (Å²) >= 11 is 6.24. The molecule has 2 fully saturated rings. The van der Waals surface area contributed by atoms with Gasteiger partial charge in [-0.05, 0) is 55.2 Å². The molecule has 0 aliphatic carbocycles. The van der Waals surface area contributed by atoms with E-state index in [1.54, 1.807) is 19.1 Å². The van der Waals surface area contributed by atoms with E-state index in [1.165, 1.54) is 10.4 Å². The molecule has 9 heteroatoms. The second kappa shape index (κ2) is 10.1. The van der Waals surface area contributed by atoms with Gasteiger partial charge >= 0.3 is 0 Å². The Morgan fingerprint density at radius 3 is 2.45 bits per heavy atom. The van der Waals surface area contributed by atoms with Gasteiger partial charge in [-0.2, -0.15) is 4.31 Å². The topological polar surface area (TPSA) is 84.9 Å². The summed E-state index contributed by atoms with van der Waals surface area (Å²) in [5, 5.41) is 3.71. The number of nitrogens with one attached hydrogen (secondary N) is 1. The van der Waals surface area contributed by atoms with Crippen molar-refractivity contribution in [2.24, 2.45) is 0 Å². The third-order valence-corrected chi connectivity index (χ3v) is 8.67. The smallest absolute Gasteiger partial charge is 0.251 e. The molecule has 1 amide bonds. The molecule has 2 saturated heterocycles. The van der Waals surface area contributed by atoms with Crippen LogP contribution < -0.4 is 5.32 Å². The van der Waals surface area contributed by atoms with Crippen LogP contribution in [0.25, 0.3) is 0 Å². The van der Waals surface area contributed by atoms with Gasteiger partial charge in [0.25, 0.3) is 5.91 Å². The minimum Gasteiger partial charge on any atom is -0.381 e. The van der Waals surface area contributed by atoms with Crippen LogP contribution in [-0.4, -0.2) is 64.7 Å². The van der Waals surface area contributed by atoms with E-state index in [9.17, 15) is 13.2 Å². The first-order valence-corrected chi connectivity index (χ1v) is 12.9. The number of carbonyl (C=O) groups excluding carboxylic acids is 1. The zero-order valence-corrected chi connectivity index (χ0v) is 20.3. The first-order chi connectivity index (χ1) is 15.8. The lowest BCUT2D eigenvalue weighted by atomic mass is 9.74. The Balaban J connectivity index is 1.56. The third-order valence-electron chi connectivity index (χ3n) is 6.54. The molecular formula is C24H29ClN2O5S. The molecule has 7 nitrogen and oxygen atoms in total. The number of sulfonamides is 1. The van der Waals surface area contributed by atoms with E-state index in [0.717, 1.165) is 24.0 Å². The molecule has 2 heterocycles. The normalized spacial score (nSPS) is 19.2. The first-order valence-electron chi connectivity index (χ1n) is 11.1. The first kappa shape index (κ1) is 24.2. The lowest BCUT2D eigenvalue weighted by Crippen LogP contribution is -2.44. The maximum atomic E-state index is 13.2. The van der Waals surface area contributed by atoms with Crippen molar-refractivity contribution in [1.29, 1.82) is 0 Å². The summed E-state index contributed by atoms with van der Waals surface area (Å²) in [5.41, 5.74) is 1.86. The predicted octanol–water partition coefficient (Wildman–Crippen LogP) is 3.15. The van der Waals surface area contributed by atoms with Crippen LogP contribution in [0.3, 0.4) is 0 Å². The number of amides is 1. The number of hydrogen-bond donors (Lipinski definition) is 1. The van der Waals surface area contributed by atoms with Gasteiger partial charge in [-0.25, -0.2) is 8.42 Å². The molecule has 2 aliphatic rings. The predicted molar refractivity (Wildman–Crippen MR) is 126 cm³/mol. The Morgan fingerprint density at radius 2 is 1.76 bits per heavy atom. The molecule has 2 aromatic carbocycles. The number of hydrogen-bond acceptors (Lipinski definition) is 5. The second-order valence-corrected chi connectivity index (χ2v) is 11.0. The molecule has 0 saturated carbocycles. The average Bonchev–Trinajstić information content (AvgIpc) is 2.84. The standard InChI is InChI=1S/C24H29ClN2O5S/c1-18-5-6-21(33(29,30)27-9-13-32-14-10-27)16-22(18)23(28)26-17-24(7-11-31-12-8-24)19-3-2-4-20(25)15-19/h2-6,15-16H,7-14,17H2,1H3,(H,26,28). The van der Waals surface area contributed by atoms with Crippen LogP contribution in [0.4, 0.5) is 0 Å². The number of ether oxygens (including phenoxy) is 2. The van der Waals surface area contributed by atoms with Crippen molar-refractivity contribution in [3.8, 4) is 0 Å². The van der Waals surface area contributed by atoms with E-state index >= 15 is 0 Å². The molecule has 178 valence electrons. The SMILES string of the molecule is Cc1ccc(S(=O)(=O)N2CCOCC2)cc1C(=O)NCC1(c2cccc(Cl)c2)CCOCC1. The van der Waals surface area contributed by atoms with Crippen molar-refractivity contribution < 1.29 is 22.7 Å². The second-order valence-electron chi connectivity index (χ2n) is 8.58. The number of benzene rings is 2. The zero-order chi connectivity index (χ0) is 23.5. The van der Waals surface area contributed by atoms with Gasteiger partial charge < -0.3 is 14.8 Å². The highest BCUT2D eigenvalue weighted by Gasteiger charge is 2.35. The summed E-state index contributed by atoms with van der Waals surface area (Å²) in [4.78, 5) is 13.3. The Bertz CT molecular complexity index is 1110. The molecule has 0 radical (unpaired) electrons. The summed E-state index contributed by atoms with van der Waals surface area (Å²) in [6, 6.07) is 12.4. The molecule has 33 heavy (non-hydrogen) atoms. The van der Waals surface area contributed by atoms with Crippen LogP contribution in [0.15, 0.2) is 47.4 Å². The fourth-order valence-corrected chi connectivity index (χ4v) is 6.06.